The molecule has 0 N–H and O–H groups in total. The highest BCUT2D eigenvalue weighted by atomic mass is 32.1. The van der Waals surface area contributed by atoms with Gasteiger partial charge in [-0.25, -0.2) is 4.99 Å². The van der Waals surface area contributed by atoms with Gasteiger partial charge < -0.3 is 9.30 Å². The summed E-state index contributed by atoms with van der Waals surface area (Å²) in [7, 11) is 1.92. The molecule has 0 fully saturated rings. The van der Waals surface area contributed by atoms with Gasteiger partial charge in [0.25, 0.3) is 0 Å². The molecule has 5 heteroatoms. The van der Waals surface area contributed by atoms with E-state index in [1.807, 2.05) is 49.7 Å². The van der Waals surface area contributed by atoms with Gasteiger partial charge in [-0.3, -0.25) is 4.79 Å². The topological polar surface area (TPSA) is 43.6 Å². The lowest BCUT2D eigenvalue weighted by molar-refractivity contribution is 0.102. The lowest BCUT2D eigenvalue weighted by atomic mass is 10.3. The Kier molecular flexibility index (Phi) is 4.39. The van der Waals surface area contributed by atoms with Crippen LogP contribution in [-0.2, 0) is 7.05 Å². The minimum atomic E-state index is 0.0799. The number of ether oxygens (including phenoxy) is 1. The van der Waals surface area contributed by atoms with Crippen molar-refractivity contribution in [3.8, 4) is 5.75 Å². The summed E-state index contributed by atoms with van der Waals surface area (Å²) >= 11 is 1.42. The van der Waals surface area contributed by atoms with Crippen molar-refractivity contribution >= 4 is 22.8 Å². The van der Waals surface area contributed by atoms with Gasteiger partial charge in [-0.1, -0.05) is 11.3 Å². The monoisotopic (exact) mass is 290 g/mol. The van der Waals surface area contributed by atoms with Crippen molar-refractivity contribution in [1.82, 2.24) is 4.57 Å². The van der Waals surface area contributed by atoms with Crippen molar-refractivity contribution in [2.75, 3.05) is 6.61 Å². The molecule has 1 aromatic carbocycles. The second-order valence-corrected chi connectivity index (χ2v) is 5.43. The molecular formula is C15H18N2O2S. The van der Waals surface area contributed by atoms with Gasteiger partial charge in [0, 0.05) is 19.7 Å². The van der Waals surface area contributed by atoms with E-state index in [9.17, 15) is 4.79 Å². The summed E-state index contributed by atoms with van der Waals surface area (Å²) in [5.41, 5.74) is 1.80. The van der Waals surface area contributed by atoms with Crippen LogP contribution in [0.3, 0.4) is 0 Å². The molecule has 1 aromatic heterocycles. The normalized spacial score (nSPS) is 11.7. The number of thiazole rings is 1. The Morgan fingerprint density at radius 3 is 2.50 bits per heavy atom. The molecule has 2 rings (SSSR count). The molecule has 4 nitrogen and oxygen atoms in total. The van der Waals surface area contributed by atoms with Crippen LogP contribution in [0.15, 0.2) is 29.3 Å². The van der Waals surface area contributed by atoms with Gasteiger partial charge in [-0.15, -0.1) is 0 Å². The number of ketones is 1. The fourth-order valence-corrected chi connectivity index (χ4v) is 2.88. The van der Waals surface area contributed by atoms with E-state index < -0.39 is 0 Å². The van der Waals surface area contributed by atoms with Gasteiger partial charge in [0.1, 0.15) is 5.75 Å². The number of nitrogens with zero attached hydrogens (tertiary/aromatic N) is 2. The zero-order chi connectivity index (χ0) is 14.7. The molecule has 0 unspecified atom stereocenters. The Balaban J connectivity index is 2.40. The lowest BCUT2D eigenvalue weighted by Gasteiger charge is -2.02. The maximum absolute atomic E-state index is 11.5. The molecule has 2 aromatic rings. The van der Waals surface area contributed by atoms with Crippen LogP contribution in [0.4, 0.5) is 5.69 Å². The number of carbonyl (C=O) groups is 1. The average Bonchev–Trinajstić information content (AvgIpc) is 2.70. The average molecular weight is 290 g/mol. The lowest BCUT2D eigenvalue weighted by Crippen LogP contribution is -2.10. The van der Waals surface area contributed by atoms with E-state index >= 15 is 0 Å². The van der Waals surface area contributed by atoms with Gasteiger partial charge in [-0.2, -0.15) is 0 Å². The van der Waals surface area contributed by atoms with Crippen LogP contribution in [0.25, 0.3) is 0 Å². The summed E-state index contributed by atoms with van der Waals surface area (Å²) in [6.45, 7) is 6.12. The van der Waals surface area contributed by atoms with E-state index in [4.69, 9.17) is 4.74 Å². The molecule has 0 bridgehead atoms. The zero-order valence-corrected chi connectivity index (χ0v) is 13.0. The number of aromatic nitrogens is 1. The first-order chi connectivity index (χ1) is 9.52. The molecule has 1 heterocycles. The smallest absolute Gasteiger partial charge is 0.190 e. The quantitative estimate of drug-likeness (QED) is 0.811. The van der Waals surface area contributed by atoms with Crippen LogP contribution < -0.4 is 9.54 Å². The maximum atomic E-state index is 11.5. The molecule has 0 aliphatic rings. The Bertz CT molecular complexity index is 681. The highest BCUT2D eigenvalue weighted by Crippen LogP contribution is 2.18. The molecule has 0 atom stereocenters. The third-order valence-corrected chi connectivity index (χ3v) is 4.34. The summed E-state index contributed by atoms with van der Waals surface area (Å²) in [4.78, 5) is 17.7. The van der Waals surface area contributed by atoms with Crippen molar-refractivity contribution in [1.29, 1.82) is 0 Å². The summed E-state index contributed by atoms with van der Waals surface area (Å²) in [5, 5.41) is 0. The molecule has 0 aliphatic carbocycles. The minimum absolute atomic E-state index is 0.0799. The number of carbonyl (C=O) groups excluding carboxylic acids is 1. The highest BCUT2D eigenvalue weighted by Gasteiger charge is 2.10. The van der Waals surface area contributed by atoms with Crippen molar-refractivity contribution < 1.29 is 9.53 Å². The second kappa shape index (κ2) is 6.05. The van der Waals surface area contributed by atoms with E-state index in [1.165, 1.54) is 11.3 Å². The molecule has 0 aliphatic heterocycles. The predicted octanol–water partition coefficient (Wildman–Crippen LogP) is 3.23. The van der Waals surface area contributed by atoms with Crippen LogP contribution >= 0.6 is 11.3 Å². The summed E-state index contributed by atoms with van der Waals surface area (Å²) < 4.78 is 7.34. The van der Waals surface area contributed by atoms with Gasteiger partial charge >= 0.3 is 0 Å². The van der Waals surface area contributed by atoms with E-state index in [1.54, 1.807) is 6.92 Å². The van der Waals surface area contributed by atoms with Crippen molar-refractivity contribution in [2.45, 2.75) is 20.8 Å². The summed E-state index contributed by atoms with van der Waals surface area (Å²) in [5.74, 6) is 0.916. The molecule has 0 spiro atoms. The standard InChI is InChI=1S/C15H18N2O2S/c1-5-19-13-8-6-12(7-9-13)16-15-17(4)10(2)14(20-15)11(3)18/h6-9H,5H2,1-4H3. The molecule has 0 amide bonds. The number of Topliss-reactive ketones (excluding diaryl/α,β-unsaturated/α-hetero) is 1. The SMILES string of the molecule is CCOc1ccc(N=c2sc(C(C)=O)c(C)n2C)cc1. The van der Waals surface area contributed by atoms with Crippen molar-refractivity contribution in [3.63, 3.8) is 0 Å². The first kappa shape index (κ1) is 14.5. The van der Waals surface area contributed by atoms with Crippen LogP contribution in [0.1, 0.15) is 29.2 Å². The Morgan fingerprint density at radius 2 is 2.00 bits per heavy atom. The van der Waals surface area contributed by atoms with Crippen LogP contribution in [0.2, 0.25) is 0 Å². The van der Waals surface area contributed by atoms with E-state index in [2.05, 4.69) is 4.99 Å². The second-order valence-electron chi connectivity index (χ2n) is 4.45. The van der Waals surface area contributed by atoms with E-state index in [-0.39, 0.29) is 5.78 Å². The first-order valence-corrected chi connectivity index (χ1v) is 7.29. The first-order valence-electron chi connectivity index (χ1n) is 6.48. The molecule has 20 heavy (non-hydrogen) atoms. The van der Waals surface area contributed by atoms with E-state index in [0.717, 1.165) is 26.8 Å². The number of hydrogen-bond acceptors (Lipinski definition) is 4. The minimum Gasteiger partial charge on any atom is -0.494 e. The van der Waals surface area contributed by atoms with Crippen LogP contribution in [-0.4, -0.2) is 17.0 Å². The van der Waals surface area contributed by atoms with Crippen LogP contribution in [0.5, 0.6) is 5.75 Å². The maximum Gasteiger partial charge on any atom is 0.190 e. The Labute approximate surface area is 122 Å². The highest BCUT2D eigenvalue weighted by molar-refractivity contribution is 7.11. The van der Waals surface area contributed by atoms with Gasteiger partial charge in [0.15, 0.2) is 10.6 Å². The molecule has 0 saturated heterocycles. The molecule has 106 valence electrons. The predicted molar refractivity (Wildman–Crippen MR) is 80.9 cm³/mol. The summed E-state index contributed by atoms with van der Waals surface area (Å²) in [6, 6.07) is 7.62. The fraction of sp³-hybridized carbons (Fsp3) is 0.333. The number of benzene rings is 1. The largest absolute Gasteiger partial charge is 0.494 e. The van der Waals surface area contributed by atoms with Gasteiger partial charge in [0.05, 0.1) is 17.2 Å². The van der Waals surface area contributed by atoms with Crippen molar-refractivity contribution in [3.05, 3.63) is 39.6 Å². The third kappa shape index (κ3) is 2.99. The number of rotatable bonds is 4. The Hall–Kier alpha value is -1.88. The molecular weight excluding hydrogens is 272 g/mol. The molecule has 0 saturated carbocycles. The zero-order valence-electron chi connectivity index (χ0n) is 12.1. The third-order valence-electron chi connectivity index (χ3n) is 3.00. The van der Waals surface area contributed by atoms with Gasteiger partial charge in [0.2, 0.25) is 0 Å². The van der Waals surface area contributed by atoms with Crippen LogP contribution in [0, 0.1) is 6.92 Å². The van der Waals surface area contributed by atoms with E-state index in [0.29, 0.717) is 6.61 Å². The van der Waals surface area contributed by atoms with Gasteiger partial charge in [-0.05, 0) is 38.1 Å². The fourth-order valence-electron chi connectivity index (χ4n) is 1.85. The summed E-state index contributed by atoms with van der Waals surface area (Å²) in [6.07, 6.45) is 0. The Morgan fingerprint density at radius 1 is 1.35 bits per heavy atom. The number of hydrogen-bond donors (Lipinski definition) is 0. The molecule has 0 radical (unpaired) electrons. The van der Waals surface area contributed by atoms with Crippen molar-refractivity contribution in [2.24, 2.45) is 12.0 Å².